The van der Waals surface area contributed by atoms with Gasteiger partial charge in [0.2, 0.25) is 0 Å². The quantitative estimate of drug-likeness (QED) is 0.752. The topological polar surface area (TPSA) is 92.2 Å². The van der Waals surface area contributed by atoms with Crippen LogP contribution < -0.4 is 5.56 Å². The first-order valence-corrected chi connectivity index (χ1v) is 8.11. The second-order valence-corrected chi connectivity index (χ2v) is 6.34. The Labute approximate surface area is 142 Å². The van der Waals surface area contributed by atoms with E-state index in [4.69, 9.17) is 0 Å². The molecule has 0 fully saturated rings. The number of pyridine rings is 1. The third-order valence-electron chi connectivity index (χ3n) is 4.79. The lowest BCUT2D eigenvalue weighted by molar-refractivity contribution is 0.0693. The number of Topliss-reactive ketones (excluding diaryl/α,β-unsaturated/α-hetero) is 1. The number of rotatable bonds is 2. The molecular weight excluding hydrogens is 320 g/mol. The first-order chi connectivity index (χ1) is 12.0. The number of aromatic nitrogens is 2. The summed E-state index contributed by atoms with van der Waals surface area (Å²) in [5.41, 5.74) is 2.65. The number of hydrogen-bond donors (Lipinski definition) is 2. The van der Waals surface area contributed by atoms with Crippen LogP contribution in [-0.4, -0.2) is 26.4 Å². The van der Waals surface area contributed by atoms with Gasteiger partial charge in [0, 0.05) is 23.5 Å². The van der Waals surface area contributed by atoms with E-state index in [9.17, 15) is 19.5 Å². The molecule has 126 valence electrons. The van der Waals surface area contributed by atoms with Crippen molar-refractivity contribution in [3.05, 3.63) is 63.2 Å². The summed E-state index contributed by atoms with van der Waals surface area (Å²) in [4.78, 5) is 39.1. The molecule has 2 aromatic heterocycles. The number of carboxylic acids is 1. The number of benzene rings is 1. The van der Waals surface area contributed by atoms with Gasteiger partial charge in [-0.3, -0.25) is 14.2 Å². The second kappa shape index (κ2) is 5.44. The second-order valence-electron chi connectivity index (χ2n) is 6.34. The van der Waals surface area contributed by atoms with Crippen molar-refractivity contribution in [3.63, 3.8) is 0 Å². The van der Waals surface area contributed by atoms with Gasteiger partial charge >= 0.3 is 5.97 Å². The molecule has 0 amide bonds. The van der Waals surface area contributed by atoms with E-state index in [0.29, 0.717) is 23.4 Å². The summed E-state index contributed by atoms with van der Waals surface area (Å²) < 4.78 is 1.32. The highest BCUT2D eigenvalue weighted by atomic mass is 16.4. The van der Waals surface area contributed by atoms with Gasteiger partial charge in [0.25, 0.3) is 5.56 Å². The predicted molar refractivity (Wildman–Crippen MR) is 92.9 cm³/mol. The van der Waals surface area contributed by atoms with Crippen LogP contribution in [0.3, 0.4) is 0 Å². The number of nitrogens with zero attached hydrogens (tertiary/aromatic N) is 1. The van der Waals surface area contributed by atoms with Crippen molar-refractivity contribution in [2.75, 3.05) is 0 Å². The van der Waals surface area contributed by atoms with E-state index in [1.165, 1.54) is 4.57 Å². The molecule has 1 aliphatic carbocycles. The van der Waals surface area contributed by atoms with Gasteiger partial charge in [0.15, 0.2) is 5.78 Å². The number of aromatic amines is 1. The number of aryl methyl sites for hydroxylation is 2. The van der Waals surface area contributed by atoms with Crippen molar-refractivity contribution in [2.45, 2.75) is 26.2 Å². The summed E-state index contributed by atoms with van der Waals surface area (Å²) in [6.45, 7) is 1.60. The highest BCUT2D eigenvalue weighted by Gasteiger charge is 2.22. The lowest BCUT2D eigenvalue weighted by atomic mass is 9.95. The summed E-state index contributed by atoms with van der Waals surface area (Å²) in [6.07, 6.45) is 3.82. The van der Waals surface area contributed by atoms with Gasteiger partial charge in [0.1, 0.15) is 5.56 Å². The number of carboxylic acid groups (broad SMARTS) is 1. The first kappa shape index (κ1) is 15.4. The zero-order valence-electron chi connectivity index (χ0n) is 13.6. The molecule has 1 aliphatic rings. The molecule has 6 nitrogen and oxygen atoms in total. The molecule has 0 radical (unpaired) electrons. The summed E-state index contributed by atoms with van der Waals surface area (Å²) in [5, 5.41) is 10.2. The van der Waals surface area contributed by atoms with E-state index in [0.717, 1.165) is 29.3 Å². The van der Waals surface area contributed by atoms with Crippen molar-refractivity contribution >= 4 is 22.7 Å². The highest BCUT2D eigenvalue weighted by molar-refractivity contribution is 6.03. The number of hydrogen-bond acceptors (Lipinski definition) is 3. The van der Waals surface area contributed by atoms with E-state index in [2.05, 4.69) is 4.98 Å². The molecule has 0 atom stereocenters. The van der Waals surface area contributed by atoms with Gasteiger partial charge in [-0.2, -0.15) is 0 Å². The van der Waals surface area contributed by atoms with Crippen LogP contribution in [0.5, 0.6) is 0 Å². The molecule has 3 aromatic rings. The van der Waals surface area contributed by atoms with Gasteiger partial charge in [-0.1, -0.05) is 6.07 Å². The Kier molecular flexibility index (Phi) is 3.35. The van der Waals surface area contributed by atoms with E-state index < -0.39 is 11.5 Å². The molecule has 0 bridgehead atoms. The minimum absolute atomic E-state index is 0.111. The molecule has 2 heterocycles. The SMILES string of the molecule is Cc1ccn(-c2ccc3c4c([nH]c3c2)C(=O)CCC4)c(=O)c1C(=O)O. The van der Waals surface area contributed by atoms with Crippen LogP contribution in [0, 0.1) is 6.92 Å². The predicted octanol–water partition coefficient (Wildman–Crippen LogP) is 2.84. The first-order valence-electron chi connectivity index (χ1n) is 8.11. The number of fused-ring (bicyclic) bond motifs is 3. The third-order valence-corrected chi connectivity index (χ3v) is 4.79. The molecule has 6 heteroatoms. The van der Waals surface area contributed by atoms with Crippen molar-refractivity contribution in [1.82, 2.24) is 9.55 Å². The molecule has 0 unspecified atom stereocenters. The molecular formula is C19H16N2O4. The minimum Gasteiger partial charge on any atom is -0.477 e. The fraction of sp³-hybridized carbons (Fsp3) is 0.211. The molecule has 2 N–H and O–H groups in total. The standard InChI is InChI=1S/C19H16N2O4/c1-10-7-8-21(18(23)16(10)19(24)25)11-5-6-12-13-3-2-4-15(22)17(13)20-14(12)9-11/h5-9,20H,2-4H2,1H3,(H,24,25). The van der Waals surface area contributed by atoms with E-state index in [-0.39, 0.29) is 11.3 Å². The zero-order chi connectivity index (χ0) is 17.7. The zero-order valence-corrected chi connectivity index (χ0v) is 13.6. The van der Waals surface area contributed by atoms with Crippen LogP contribution in [0.4, 0.5) is 0 Å². The van der Waals surface area contributed by atoms with Crippen LogP contribution >= 0.6 is 0 Å². The Morgan fingerprint density at radius 1 is 1.20 bits per heavy atom. The van der Waals surface area contributed by atoms with Crippen molar-refractivity contribution in [3.8, 4) is 5.69 Å². The average molecular weight is 336 g/mol. The van der Waals surface area contributed by atoms with Gasteiger partial charge in [-0.25, -0.2) is 4.79 Å². The third kappa shape index (κ3) is 2.29. The number of ketones is 1. The van der Waals surface area contributed by atoms with E-state index in [1.54, 1.807) is 31.3 Å². The number of carbonyl (C=O) groups excluding carboxylic acids is 1. The Morgan fingerprint density at radius 2 is 2.00 bits per heavy atom. The maximum absolute atomic E-state index is 12.5. The molecule has 0 saturated carbocycles. The van der Waals surface area contributed by atoms with Crippen molar-refractivity contribution in [1.29, 1.82) is 0 Å². The monoisotopic (exact) mass is 336 g/mol. The summed E-state index contributed by atoms with van der Waals surface area (Å²) in [7, 11) is 0. The number of aromatic carboxylic acids is 1. The van der Waals surface area contributed by atoms with E-state index in [1.807, 2.05) is 6.07 Å². The minimum atomic E-state index is -1.24. The van der Waals surface area contributed by atoms with Gasteiger partial charge < -0.3 is 10.1 Å². The Bertz CT molecular complexity index is 1100. The lowest BCUT2D eigenvalue weighted by Gasteiger charge is -2.10. The van der Waals surface area contributed by atoms with Gasteiger partial charge in [0.05, 0.1) is 11.4 Å². The molecule has 0 spiro atoms. The fourth-order valence-corrected chi connectivity index (χ4v) is 3.53. The van der Waals surface area contributed by atoms with Crippen molar-refractivity contribution < 1.29 is 14.7 Å². The Balaban J connectivity index is 1.92. The average Bonchev–Trinajstić information content (AvgIpc) is 2.94. The molecule has 0 aliphatic heterocycles. The smallest absolute Gasteiger partial charge is 0.341 e. The Hall–Kier alpha value is -3.15. The summed E-state index contributed by atoms with van der Waals surface area (Å²) in [6, 6.07) is 7.05. The summed E-state index contributed by atoms with van der Waals surface area (Å²) >= 11 is 0. The molecule has 25 heavy (non-hydrogen) atoms. The molecule has 1 aromatic carbocycles. The maximum atomic E-state index is 12.5. The number of H-pyrrole nitrogens is 1. The highest BCUT2D eigenvalue weighted by Crippen LogP contribution is 2.30. The van der Waals surface area contributed by atoms with Crippen LogP contribution in [-0.2, 0) is 6.42 Å². The van der Waals surface area contributed by atoms with Crippen LogP contribution in [0.1, 0.15) is 44.8 Å². The van der Waals surface area contributed by atoms with Crippen LogP contribution in [0.15, 0.2) is 35.3 Å². The van der Waals surface area contributed by atoms with Gasteiger partial charge in [-0.15, -0.1) is 0 Å². The number of nitrogens with one attached hydrogen (secondary N) is 1. The normalized spacial score (nSPS) is 13.9. The van der Waals surface area contributed by atoms with Crippen LogP contribution in [0.2, 0.25) is 0 Å². The summed E-state index contributed by atoms with van der Waals surface area (Å²) in [5.74, 6) is -1.13. The van der Waals surface area contributed by atoms with Gasteiger partial charge in [-0.05, 0) is 49.1 Å². The lowest BCUT2D eigenvalue weighted by Crippen LogP contribution is -2.26. The van der Waals surface area contributed by atoms with E-state index >= 15 is 0 Å². The van der Waals surface area contributed by atoms with Crippen molar-refractivity contribution in [2.24, 2.45) is 0 Å². The largest absolute Gasteiger partial charge is 0.477 e. The number of carbonyl (C=O) groups is 2. The Morgan fingerprint density at radius 3 is 2.76 bits per heavy atom. The molecule has 4 rings (SSSR count). The molecule has 0 saturated heterocycles. The maximum Gasteiger partial charge on any atom is 0.341 e. The van der Waals surface area contributed by atoms with Crippen LogP contribution in [0.25, 0.3) is 16.6 Å². The fourth-order valence-electron chi connectivity index (χ4n) is 3.53.